The predicted octanol–water partition coefficient (Wildman–Crippen LogP) is 1.40. The van der Waals surface area contributed by atoms with Crippen LogP contribution >= 0.6 is 11.8 Å². The Morgan fingerprint density at radius 2 is 2.06 bits per heavy atom. The summed E-state index contributed by atoms with van der Waals surface area (Å²) in [4.78, 5) is 12.9. The van der Waals surface area contributed by atoms with Gasteiger partial charge in [-0.3, -0.25) is 4.79 Å². The maximum absolute atomic E-state index is 12.9. The van der Waals surface area contributed by atoms with Crippen LogP contribution in [0.4, 0.5) is 5.82 Å². The number of nitrogens with one attached hydrogen (secondary N) is 1. The van der Waals surface area contributed by atoms with Crippen molar-refractivity contribution >= 4 is 29.2 Å². The molecule has 1 amide bonds. The van der Waals surface area contributed by atoms with Gasteiger partial charge in [0.15, 0.2) is 10.9 Å². The van der Waals surface area contributed by atoms with Gasteiger partial charge in [0.05, 0.1) is 12.8 Å². The molecular formula is C20H23N11O3S. The van der Waals surface area contributed by atoms with Gasteiger partial charge in [0.2, 0.25) is 11.6 Å². The Morgan fingerprint density at radius 3 is 2.71 bits per heavy atom. The molecule has 1 aromatic carbocycles. The lowest BCUT2D eigenvalue weighted by Crippen LogP contribution is -2.21. The van der Waals surface area contributed by atoms with E-state index in [2.05, 4.69) is 46.0 Å². The number of amides is 1. The third kappa shape index (κ3) is 5.63. The van der Waals surface area contributed by atoms with Crippen LogP contribution < -0.4 is 15.9 Å². The molecule has 4 aromatic rings. The highest BCUT2D eigenvalue weighted by atomic mass is 32.2. The summed E-state index contributed by atoms with van der Waals surface area (Å²) >= 11 is 1.34. The van der Waals surface area contributed by atoms with Crippen molar-refractivity contribution in [2.45, 2.75) is 30.7 Å². The molecule has 0 fully saturated rings. The van der Waals surface area contributed by atoms with E-state index in [1.165, 1.54) is 16.4 Å². The van der Waals surface area contributed by atoms with E-state index >= 15 is 0 Å². The number of nitrogens with zero attached hydrogens (tertiary/aromatic N) is 9. The molecule has 4 rings (SSSR count). The van der Waals surface area contributed by atoms with Crippen LogP contribution in [0.5, 0.6) is 5.75 Å². The third-order valence-corrected chi connectivity index (χ3v) is 6.01. The molecule has 3 aromatic heterocycles. The van der Waals surface area contributed by atoms with Gasteiger partial charge < -0.3 is 15.0 Å². The molecule has 0 radical (unpaired) electrons. The van der Waals surface area contributed by atoms with Crippen LogP contribution in [0.15, 0.2) is 45.5 Å². The van der Waals surface area contributed by atoms with Crippen molar-refractivity contribution in [3.8, 4) is 11.6 Å². The number of hydrazone groups is 1. The highest BCUT2D eigenvalue weighted by Crippen LogP contribution is 2.24. The molecule has 0 saturated carbocycles. The maximum Gasteiger partial charge on any atom is 0.293 e. The largest absolute Gasteiger partial charge is 0.497 e. The van der Waals surface area contributed by atoms with Crippen LogP contribution in [0.2, 0.25) is 0 Å². The van der Waals surface area contributed by atoms with Crippen LogP contribution in [0.1, 0.15) is 35.1 Å². The van der Waals surface area contributed by atoms with Crippen LogP contribution in [0.25, 0.3) is 5.82 Å². The molecule has 0 atom stereocenters. The number of thioether (sulfide) groups is 1. The highest BCUT2D eigenvalue weighted by molar-refractivity contribution is 7.98. The molecule has 0 aliphatic heterocycles. The molecule has 0 aliphatic carbocycles. The maximum atomic E-state index is 12.9. The van der Waals surface area contributed by atoms with Gasteiger partial charge in [0.25, 0.3) is 5.91 Å². The van der Waals surface area contributed by atoms with Crippen LogP contribution in [0, 0.1) is 0 Å². The molecular weight excluding hydrogens is 474 g/mol. The Bertz CT molecular complexity index is 1330. The van der Waals surface area contributed by atoms with E-state index in [0.29, 0.717) is 17.3 Å². The summed E-state index contributed by atoms with van der Waals surface area (Å²) in [5.74, 6) is 0.692. The van der Waals surface area contributed by atoms with Crippen molar-refractivity contribution in [2.24, 2.45) is 12.1 Å². The minimum Gasteiger partial charge on any atom is -0.497 e. The lowest BCUT2D eigenvalue weighted by molar-refractivity contribution is 0.0949. The third-order valence-electron chi connectivity index (χ3n) is 4.97. The molecule has 0 saturated heterocycles. The number of aromatic nitrogens is 8. The van der Waals surface area contributed by atoms with E-state index in [-0.39, 0.29) is 23.1 Å². The van der Waals surface area contributed by atoms with Gasteiger partial charge >= 0.3 is 0 Å². The summed E-state index contributed by atoms with van der Waals surface area (Å²) in [6, 6.07) is 7.80. The summed E-state index contributed by atoms with van der Waals surface area (Å²) in [5, 5.41) is 28.1. The molecule has 0 aliphatic rings. The summed E-state index contributed by atoms with van der Waals surface area (Å²) in [7, 11) is 3.44. The Morgan fingerprint density at radius 1 is 1.26 bits per heavy atom. The minimum absolute atomic E-state index is 0.0131. The fourth-order valence-electron chi connectivity index (χ4n) is 3.02. The Labute approximate surface area is 203 Å². The first-order valence-electron chi connectivity index (χ1n) is 10.4. The fourth-order valence-corrected chi connectivity index (χ4v) is 3.90. The molecule has 3 N–H and O–H groups in total. The average molecular weight is 498 g/mol. The lowest BCUT2D eigenvalue weighted by atomic mass is 10.1. The van der Waals surface area contributed by atoms with Crippen molar-refractivity contribution in [1.82, 2.24) is 45.5 Å². The quantitative estimate of drug-likeness (QED) is 0.184. The summed E-state index contributed by atoms with van der Waals surface area (Å²) in [6.45, 7) is 1.84. The van der Waals surface area contributed by atoms with Gasteiger partial charge in [0, 0.05) is 18.5 Å². The summed E-state index contributed by atoms with van der Waals surface area (Å²) < 4.78 is 12.9. The first kappa shape index (κ1) is 23.9. The second-order valence-corrected chi connectivity index (χ2v) is 8.36. The zero-order valence-corrected chi connectivity index (χ0v) is 20.1. The first-order valence-corrected chi connectivity index (χ1v) is 11.4. The molecule has 182 valence electrons. The number of ether oxygens (including phenoxy) is 1. The van der Waals surface area contributed by atoms with Crippen LogP contribution in [-0.4, -0.2) is 58.8 Å². The molecule has 0 bridgehead atoms. The average Bonchev–Trinajstić information content (AvgIpc) is 3.59. The van der Waals surface area contributed by atoms with E-state index < -0.39 is 5.91 Å². The van der Waals surface area contributed by atoms with Crippen molar-refractivity contribution < 1.29 is 14.2 Å². The number of hydrogen-bond acceptors (Lipinski definition) is 12. The number of methoxy groups -OCH3 is 1. The second kappa shape index (κ2) is 10.8. The zero-order valence-electron chi connectivity index (χ0n) is 19.2. The van der Waals surface area contributed by atoms with Crippen molar-refractivity contribution in [2.75, 3.05) is 12.8 Å². The Kier molecular flexibility index (Phi) is 7.35. The van der Waals surface area contributed by atoms with Crippen LogP contribution in [0.3, 0.4) is 0 Å². The van der Waals surface area contributed by atoms with Gasteiger partial charge in [0.1, 0.15) is 12.1 Å². The smallest absolute Gasteiger partial charge is 0.293 e. The number of benzene rings is 1. The standard InChI is InChI=1S/C20H23N11O3S/c1-12(4-5-13-6-8-14(33-3)9-7-13)23-25-19(32)16-15(10-35-20-26-22-11-30(20)2)31(29-24-16)18-17(21)27-34-28-18/h6-9,11H,4-5,10H2,1-3H3,(H2,21,27)(H,25,32)/b23-12-. The topological polar surface area (TPSA) is 177 Å². The number of nitrogen functional groups attached to an aromatic ring is 1. The van der Waals surface area contributed by atoms with Crippen LogP contribution in [-0.2, 0) is 19.2 Å². The SMILES string of the molecule is COc1ccc(CC/C(C)=N\NC(=O)c2nnn(-c3nonc3N)c2CSc2nncn2C)cc1. The van der Waals surface area contributed by atoms with E-state index in [0.717, 1.165) is 23.4 Å². The van der Waals surface area contributed by atoms with Gasteiger partial charge in [-0.25, -0.2) is 10.1 Å². The zero-order chi connectivity index (χ0) is 24.8. The number of anilines is 1. The van der Waals surface area contributed by atoms with Gasteiger partial charge in [-0.05, 0) is 47.8 Å². The number of rotatable bonds is 10. The van der Waals surface area contributed by atoms with Crippen molar-refractivity contribution in [1.29, 1.82) is 0 Å². The van der Waals surface area contributed by atoms with Gasteiger partial charge in [-0.2, -0.15) is 9.78 Å². The summed E-state index contributed by atoms with van der Waals surface area (Å²) in [6.07, 6.45) is 3.01. The van der Waals surface area contributed by atoms with E-state index in [1.54, 1.807) is 18.0 Å². The number of carbonyl (C=O) groups excluding carboxylic acids is 1. The number of nitrogens with two attached hydrogens (primary N) is 1. The molecule has 35 heavy (non-hydrogen) atoms. The predicted molar refractivity (Wildman–Crippen MR) is 126 cm³/mol. The molecule has 15 heteroatoms. The number of carbonyl (C=O) groups is 1. The molecule has 0 unspecified atom stereocenters. The number of aryl methyl sites for hydroxylation is 2. The van der Waals surface area contributed by atoms with Gasteiger partial charge in [-0.15, -0.1) is 15.3 Å². The number of hydrogen-bond donors (Lipinski definition) is 2. The Balaban J connectivity index is 1.47. The van der Waals surface area contributed by atoms with Crippen molar-refractivity contribution in [3.05, 3.63) is 47.5 Å². The molecule has 0 spiro atoms. The normalized spacial score (nSPS) is 11.6. The second-order valence-electron chi connectivity index (χ2n) is 7.42. The molecule has 14 nitrogen and oxygen atoms in total. The van der Waals surface area contributed by atoms with E-state index in [1.807, 2.05) is 38.2 Å². The van der Waals surface area contributed by atoms with Gasteiger partial charge in [-0.1, -0.05) is 29.1 Å². The van der Waals surface area contributed by atoms with Crippen molar-refractivity contribution in [3.63, 3.8) is 0 Å². The van der Waals surface area contributed by atoms with E-state index in [9.17, 15) is 4.79 Å². The Hall–Kier alpha value is -4.27. The molecule has 3 heterocycles. The summed E-state index contributed by atoms with van der Waals surface area (Å²) in [5.41, 5.74) is 10.7. The fraction of sp³-hybridized carbons (Fsp3) is 0.300. The minimum atomic E-state index is -0.524. The monoisotopic (exact) mass is 497 g/mol. The first-order chi connectivity index (χ1) is 17.0. The lowest BCUT2D eigenvalue weighted by Gasteiger charge is -2.06. The highest BCUT2D eigenvalue weighted by Gasteiger charge is 2.24. The van der Waals surface area contributed by atoms with E-state index in [4.69, 9.17) is 10.5 Å².